The molecule has 1 aliphatic rings. The molecule has 0 bridgehead atoms. The summed E-state index contributed by atoms with van der Waals surface area (Å²) in [6, 6.07) is 9.83. The zero-order valence-corrected chi connectivity index (χ0v) is 11.2. The number of nitrogens with one attached hydrogen (secondary N) is 2. The van der Waals surface area contributed by atoms with Crippen LogP contribution in [0.1, 0.15) is 24.8 Å². The van der Waals surface area contributed by atoms with Crippen molar-refractivity contribution in [3.8, 4) is 0 Å². The van der Waals surface area contributed by atoms with Crippen LogP contribution in [0, 0.1) is 5.92 Å². The van der Waals surface area contributed by atoms with Gasteiger partial charge in [0.05, 0.1) is 6.61 Å². The Bertz CT molecular complexity index is 375. The monoisotopic (exact) mass is 262 g/mol. The number of piperidine rings is 1. The van der Waals surface area contributed by atoms with Gasteiger partial charge in [-0.1, -0.05) is 30.3 Å². The summed E-state index contributed by atoms with van der Waals surface area (Å²) in [6.07, 6.45) is 3.09. The van der Waals surface area contributed by atoms with Crippen LogP contribution < -0.4 is 10.6 Å². The molecule has 1 unspecified atom stereocenters. The predicted molar refractivity (Wildman–Crippen MR) is 74.8 cm³/mol. The number of carbonyl (C=O) groups excluding carboxylic acids is 1. The smallest absolute Gasteiger partial charge is 0.407 e. The number of hydrogen-bond acceptors (Lipinski definition) is 3. The summed E-state index contributed by atoms with van der Waals surface area (Å²) in [6.45, 7) is 3.20. The maximum absolute atomic E-state index is 11.5. The first-order valence-electron chi connectivity index (χ1n) is 7.00. The molecule has 4 nitrogen and oxygen atoms in total. The molecule has 0 spiro atoms. The number of rotatable bonds is 5. The van der Waals surface area contributed by atoms with Crippen molar-refractivity contribution >= 4 is 6.09 Å². The molecule has 1 fully saturated rings. The fourth-order valence-corrected chi connectivity index (χ4v) is 2.31. The van der Waals surface area contributed by atoms with Gasteiger partial charge in [0.2, 0.25) is 0 Å². The Hall–Kier alpha value is -1.55. The summed E-state index contributed by atoms with van der Waals surface area (Å²) < 4.78 is 5.19. The van der Waals surface area contributed by atoms with Crippen LogP contribution in [0.4, 0.5) is 4.79 Å². The van der Waals surface area contributed by atoms with Gasteiger partial charge in [0, 0.05) is 6.54 Å². The van der Waals surface area contributed by atoms with Crippen LogP contribution in [0.3, 0.4) is 0 Å². The molecule has 104 valence electrons. The van der Waals surface area contributed by atoms with E-state index in [9.17, 15) is 4.79 Å². The Kier molecular flexibility index (Phi) is 5.69. The van der Waals surface area contributed by atoms with Gasteiger partial charge < -0.3 is 15.4 Å². The minimum atomic E-state index is -0.326. The fourth-order valence-electron chi connectivity index (χ4n) is 2.31. The SMILES string of the molecule is O=C(NCc1ccccc1)OCCC1CCCNC1. The first-order valence-corrected chi connectivity index (χ1v) is 7.00. The fraction of sp³-hybridized carbons (Fsp3) is 0.533. The van der Waals surface area contributed by atoms with E-state index in [1.807, 2.05) is 30.3 Å². The van der Waals surface area contributed by atoms with E-state index in [1.54, 1.807) is 0 Å². The number of alkyl carbamates (subject to hydrolysis) is 1. The molecule has 0 aliphatic carbocycles. The summed E-state index contributed by atoms with van der Waals surface area (Å²) in [5, 5.41) is 6.12. The summed E-state index contributed by atoms with van der Waals surface area (Å²) in [4.78, 5) is 11.5. The van der Waals surface area contributed by atoms with Crippen LogP contribution >= 0.6 is 0 Å². The molecule has 1 heterocycles. The molecule has 0 aromatic heterocycles. The zero-order chi connectivity index (χ0) is 13.3. The van der Waals surface area contributed by atoms with Gasteiger partial charge in [-0.05, 0) is 43.8 Å². The third-order valence-electron chi connectivity index (χ3n) is 3.44. The first-order chi connectivity index (χ1) is 9.34. The lowest BCUT2D eigenvalue weighted by Gasteiger charge is -2.22. The minimum Gasteiger partial charge on any atom is -0.450 e. The van der Waals surface area contributed by atoms with E-state index in [2.05, 4.69) is 10.6 Å². The molecular weight excluding hydrogens is 240 g/mol. The standard InChI is InChI=1S/C15H22N2O2/c18-15(17-12-13-5-2-1-3-6-13)19-10-8-14-7-4-9-16-11-14/h1-3,5-6,14,16H,4,7-12H2,(H,17,18). The number of ether oxygens (including phenoxy) is 1. The maximum Gasteiger partial charge on any atom is 0.407 e. The zero-order valence-electron chi connectivity index (χ0n) is 11.2. The van der Waals surface area contributed by atoms with Gasteiger partial charge in [-0.15, -0.1) is 0 Å². The quantitative estimate of drug-likeness (QED) is 0.856. The molecule has 1 aromatic rings. The summed E-state index contributed by atoms with van der Waals surface area (Å²) in [7, 11) is 0. The molecule has 19 heavy (non-hydrogen) atoms. The van der Waals surface area contributed by atoms with Crippen molar-refractivity contribution in [3.05, 3.63) is 35.9 Å². The Balaban J connectivity index is 1.57. The molecule has 2 rings (SSSR count). The maximum atomic E-state index is 11.5. The Morgan fingerprint density at radius 2 is 2.21 bits per heavy atom. The van der Waals surface area contributed by atoms with Crippen LogP contribution in [0.2, 0.25) is 0 Å². The van der Waals surface area contributed by atoms with E-state index >= 15 is 0 Å². The first kappa shape index (κ1) is 13.9. The second kappa shape index (κ2) is 7.79. The van der Waals surface area contributed by atoms with Gasteiger partial charge >= 0.3 is 6.09 Å². The highest BCUT2D eigenvalue weighted by Gasteiger charge is 2.13. The summed E-state index contributed by atoms with van der Waals surface area (Å²) >= 11 is 0. The van der Waals surface area contributed by atoms with Gasteiger partial charge in [0.15, 0.2) is 0 Å². The van der Waals surface area contributed by atoms with E-state index in [4.69, 9.17) is 4.74 Å². The van der Waals surface area contributed by atoms with Crippen LogP contribution in [-0.4, -0.2) is 25.8 Å². The van der Waals surface area contributed by atoms with Gasteiger partial charge in [-0.3, -0.25) is 0 Å². The van der Waals surface area contributed by atoms with Crippen LogP contribution in [0.5, 0.6) is 0 Å². The van der Waals surface area contributed by atoms with Gasteiger partial charge in [-0.25, -0.2) is 4.79 Å². The van der Waals surface area contributed by atoms with Crippen molar-refractivity contribution < 1.29 is 9.53 Å². The molecule has 1 atom stereocenters. The van der Waals surface area contributed by atoms with Crippen LogP contribution in [0.25, 0.3) is 0 Å². The molecule has 1 saturated heterocycles. The van der Waals surface area contributed by atoms with Crippen molar-refractivity contribution in [3.63, 3.8) is 0 Å². The predicted octanol–water partition coefficient (Wildman–Crippen LogP) is 2.30. The number of carbonyl (C=O) groups is 1. The lowest BCUT2D eigenvalue weighted by molar-refractivity contribution is 0.135. The lowest BCUT2D eigenvalue weighted by atomic mass is 9.97. The average molecular weight is 262 g/mol. The molecule has 1 amide bonds. The summed E-state index contributed by atoms with van der Waals surface area (Å²) in [5.41, 5.74) is 1.08. The van der Waals surface area contributed by atoms with E-state index in [-0.39, 0.29) is 6.09 Å². The Morgan fingerprint density at radius 3 is 2.95 bits per heavy atom. The van der Waals surface area contributed by atoms with Crippen molar-refractivity contribution in [2.45, 2.75) is 25.8 Å². The second-order valence-corrected chi connectivity index (χ2v) is 4.98. The highest BCUT2D eigenvalue weighted by atomic mass is 16.5. The van der Waals surface area contributed by atoms with Gasteiger partial charge in [0.1, 0.15) is 0 Å². The Labute approximate surface area is 114 Å². The molecule has 1 aliphatic heterocycles. The van der Waals surface area contributed by atoms with Crippen LogP contribution in [-0.2, 0) is 11.3 Å². The van der Waals surface area contributed by atoms with Crippen LogP contribution in [0.15, 0.2) is 30.3 Å². The average Bonchev–Trinajstić information content (AvgIpc) is 2.47. The van der Waals surface area contributed by atoms with E-state index < -0.39 is 0 Å². The topological polar surface area (TPSA) is 50.4 Å². The molecule has 2 N–H and O–H groups in total. The number of hydrogen-bond donors (Lipinski definition) is 2. The van der Waals surface area contributed by atoms with Crippen molar-refractivity contribution in [1.29, 1.82) is 0 Å². The molecule has 1 aromatic carbocycles. The van der Waals surface area contributed by atoms with E-state index in [0.717, 1.165) is 25.1 Å². The largest absolute Gasteiger partial charge is 0.450 e. The molecule has 0 saturated carbocycles. The third kappa shape index (κ3) is 5.30. The van der Waals surface area contributed by atoms with Gasteiger partial charge in [-0.2, -0.15) is 0 Å². The summed E-state index contributed by atoms with van der Waals surface area (Å²) in [5.74, 6) is 0.649. The third-order valence-corrected chi connectivity index (χ3v) is 3.44. The minimum absolute atomic E-state index is 0.326. The van der Waals surface area contributed by atoms with Crippen molar-refractivity contribution in [2.75, 3.05) is 19.7 Å². The number of benzene rings is 1. The second-order valence-electron chi connectivity index (χ2n) is 4.98. The normalized spacial score (nSPS) is 18.8. The lowest BCUT2D eigenvalue weighted by Crippen LogP contribution is -2.31. The number of amides is 1. The van der Waals surface area contributed by atoms with E-state index in [1.165, 1.54) is 12.8 Å². The molecule has 0 radical (unpaired) electrons. The van der Waals surface area contributed by atoms with E-state index in [0.29, 0.717) is 19.1 Å². The highest BCUT2D eigenvalue weighted by molar-refractivity contribution is 5.67. The van der Waals surface area contributed by atoms with Crippen molar-refractivity contribution in [2.24, 2.45) is 5.92 Å². The Morgan fingerprint density at radius 1 is 1.37 bits per heavy atom. The van der Waals surface area contributed by atoms with Crippen molar-refractivity contribution in [1.82, 2.24) is 10.6 Å². The molecule has 4 heteroatoms. The molecular formula is C15H22N2O2. The van der Waals surface area contributed by atoms with Gasteiger partial charge in [0.25, 0.3) is 0 Å². The highest BCUT2D eigenvalue weighted by Crippen LogP contribution is 2.13.